The van der Waals surface area contributed by atoms with Crippen molar-refractivity contribution in [2.75, 3.05) is 40.0 Å². The Balaban J connectivity index is 1.66. The van der Waals surface area contributed by atoms with E-state index in [2.05, 4.69) is 45.1 Å². The SMILES string of the molecule is CCC/C(=C\C=C(/C)CN1CCOCC1)NC(=O)/C=C/c1cnccc1-c1cnc(OC)nc1. The summed E-state index contributed by atoms with van der Waals surface area (Å²) in [5, 5.41) is 3.02. The summed E-state index contributed by atoms with van der Waals surface area (Å²) in [6.45, 7) is 8.61. The van der Waals surface area contributed by atoms with Crippen LogP contribution in [-0.4, -0.2) is 65.7 Å². The Morgan fingerprint density at radius 1 is 1.21 bits per heavy atom. The smallest absolute Gasteiger partial charge is 0.316 e. The fourth-order valence-corrected chi connectivity index (χ4v) is 3.59. The molecule has 0 radical (unpaired) electrons. The summed E-state index contributed by atoms with van der Waals surface area (Å²) in [5.74, 6) is -0.181. The van der Waals surface area contributed by atoms with Crippen LogP contribution in [0, 0.1) is 0 Å². The van der Waals surface area contributed by atoms with Gasteiger partial charge in [-0.05, 0) is 37.1 Å². The van der Waals surface area contributed by atoms with Crippen LogP contribution in [0.15, 0.2) is 60.4 Å². The molecule has 180 valence electrons. The summed E-state index contributed by atoms with van der Waals surface area (Å²) in [4.78, 5) is 27.5. The second kappa shape index (κ2) is 13.4. The lowest BCUT2D eigenvalue weighted by Crippen LogP contribution is -2.37. The number of pyridine rings is 1. The van der Waals surface area contributed by atoms with Crippen LogP contribution in [0.25, 0.3) is 17.2 Å². The summed E-state index contributed by atoms with van der Waals surface area (Å²) in [6, 6.07) is 2.17. The number of rotatable bonds is 10. The Hall–Kier alpha value is -3.36. The lowest BCUT2D eigenvalue weighted by molar-refractivity contribution is -0.115. The minimum Gasteiger partial charge on any atom is -0.467 e. The van der Waals surface area contributed by atoms with E-state index >= 15 is 0 Å². The van der Waals surface area contributed by atoms with Gasteiger partial charge in [-0.1, -0.05) is 25.0 Å². The zero-order valence-corrected chi connectivity index (χ0v) is 20.2. The normalized spacial score (nSPS) is 15.5. The maximum atomic E-state index is 12.7. The van der Waals surface area contributed by atoms with Crippen LogP contribution < -0.4 is 10.1 Å². The number of morpholine rings is 1. The van der Waals surface area contributed by atoms with Gasteiger partial charge in [0.05, 0.1) is 20.3 Å². The van der Waals surface area contributed by atoms with Crippen molar-refractivity contribution in [2.24, 2.45) is 0 Å². The molecule has 0 atom stereocenters. The topological polar surface area (TPSA) is 89.5 Å². The minimum absolute atomic E-state index is 0.181. The molecule has 2 aromatic heterocycles. The van der Waals surface area contributed by atoms with Gasteiger partial charge < -0.3 is 14.8 Å². The molecule has 0 spiro atoms. The number of nitrogens with one attached hydrogen (secondary N) is 1. The Morgan fingerprint density at radius 3 is 2.68 bits per heavy atom. The third kappa shape index (κ3) is 7.90. The molecule has 0 unspecified atom stereocenters. The highest BCUT2D eigenvalue weighted by Gasteiger charge is 2.10. The second-order valence-corrected chi connectivity index (χ2v) is 8.09. The molecule has 1 amide bonds. The summed E-state index contributed by atoms with van der Waals surface area (Å²) >= 11 is 0. The first-order valence-corrected chi connectivity index (χ1v) is 11.5. The van der Waals surface area contributed by atoms with Crippen molar-refractivity contribution in [2.45, 2.75) is 26.7 Å². The molecule has 1 N–H and O–H groups in total. The van der Waals surface area contributed by atoms with Gasteiger partial charge in [0.15, 0.2) is 0 Å². The molecule has 1 aliphatic rings. The molecule has 3 heterocycles. The number of carbonyl (C=O) groups is 1. The van der Waals surface area contributed by atoms with Gasteiger partial charge in [0.25, 0.3) is 0 Å². The number of aromatic nitrogens is 3. The van der Waals surface area contributed by atoms with E-state index in [9.17, 15) is 4.79 Å². The zero-order valence-electron chi connectivity index (χ0n) is 20.2. The summed E-state index contributed by atoms with van der Waals surface area (Å²) in [6.07, 6.45) is 15.9. The maximum Gasteiger partial charge on any atom is 0.316 e. The quantitative estimate of drug-likeness (QED) is 0.425. The third-order valence-electron chi connectivity index (χ3n) is 5.34. The first kappa shape index (κ1) is 25.3. The number of hydrogen-bond acceptors (Lipinski definition) is 7. The van der Waals surface area contributed by atoms with E-state index < -0.39 is 0 Å². The van der Waals surface area contributed by atoms with E-state index in [1.165, 1.54) is 18.8 Å². The third-order valence-corrected chi connectivity index (χ3v) is 5.34. The molecule has 0 bridgehead atoms. The summed E-state index contributed by atoms with van der Waals surface area (Å²) < 4.78 is 10.4. The van der Waals surface area contributed by atoms with Gasteiger partial charge in [-0.15, -0.1) is 0 Å². The first-order valence-electron chi connectivity index (χ1n) is 11.5. The van der Waals surface area contributed by atoms with Crippen LogP contribution in [0.2, 0.25) is 0 Å². The van der Waals surface area contributed by atoms with E-state index in [-0.39, 0.29) is 5.91 Å². The van der Waals surface area contributed by atoms with Gasteiger partial charge in [0.1, 0.15) is 0 Å². The number of hydrogen-bond donors (Lipinski definition) is 1. The number of ether oxygens (including phenoxy) is 2. The van der Waals surface area contributed by atoms with Crippen molar-refractivity contribution in [3.63, 3.8) is 0 Å². The molecule has 8 nitrogen and oxygen atoms in total. The fraction of sp³-hybridized carbons (Fsp3) is 0.385. The standard InChI is InChI=1S/C26H33N5O3/c1-4-5-23(8-6-20(2)19-31-12-14-34-15-13-31)30-25(32)9-7-21-16-27-11-10-24(21)22-17-28-26(33-3)29-18-22/h6-11,16-18H,4-5,12-15,19H2,1-3H3,(H,30,32)/b9-7+,20-6+,23-8+. The predicted octanol–water partition coefficient (Wildman–Crippen LogP) is 3.64. The summed E-state index contributed by atoms with van der Waals surface area (Å²) in [5.41, 5.74) is 4.65. The zero-order chi connectivity index (χ0) is 24.2. The monoisotopic (exact) mass is 463 g/mol. The first-order chi connectivity index (χ1) is 16.6. The van der Waals surface area contributed by atoms with Crippen molar-refractivity contribution in [1.29, 1.82) is 0 Å². The number of allylic oxidation sites excluding steroid dienone is 3. The lowest BCUT2D eigenvalue weighted by atomic mass is 10.0. The molecule has 34 heavy (non-hydrogen) atoms. The molecule has 0 aromatic carbocycles. The van der Waals surface area contributed by atoms with Crippen molar-refractivity contribution in [3.8, 4) is 17.1 Å². The van der Waals surface area contributed by atoms with E-state index in [1.807, 2.05) is 12.1 Å². The molecule has 0 saturated carbocycles. The van der Waals surface area contributed by atoms with Crippen LogP contribution in [0.3, 0.4) is 0 Å². The van der Waals surface area contributed by atoms with Crippen molar-refractivity contribution in [1.82, 2.24) is 25.2 Å². The highest BCUT2D eigenvalue weighted by Crippen LogP contribution is 2.23. The molecule has 0 aliphatic carbocycles. The molecular weight excluding hydrogens is 430 g/mol. The van der Waals surface area contributed by atoms with Crippen LogP contribution in [0.1, 0.15) is 32.3 Å². The Morgan fingerprint density at radius 2 is 1.97 bits per heavy atom. The Kier molecular flexibility index (Phi) is 9.94. The molecule has 1 aliphatic heterocycles. The van der Waals surface area contributed by atoms with Crippen LogP contribution in [-0.2, 0) is 9.53 Å². The number of amides is 1. The van der Waals surface area contributed by atoms with Gasteiger partial charge >= 0.3 is 6.01 Å². The Labute approximate surface area is 201 Å². The minimum atomic E-state index is -0.181. The van der Waals surface area contributed by atoms with Gasteiger partial charge in [0.2, 0.25) is 5.91 Å². The Bertz CT molecular complexity index is 1020. The molecular formula is C26H33N5O3. The van der Waals surface area contributed by atoms with E-state index in [0.29, 0.717) is 6.01 Å². The van der Waals surface area contributed by atoms with Crippen molar-refractivity contribution < 1.29 is 14.3 Å². The molecule has 3 rings (SSSR count). The molecule has 1 fully saturated rings. The predicted molar refractivity (Wildman–Crippen MR) is 133 cm³/mol. The van der Waals surface area contributed by atoms with Gasteiger partial charge in [-0.25, -0.2) is 9.97 Å². The van der Waals surface area contributed by atoms with Crippen LogP contribution in [0.4, 0.5) is 0 Å². The van der Waals surface area contributed by atoms with E-state index in [4.69, 9.17) is 9.47 Å². The highest BCUT2D eigenvalue weighted by atomic mass is 16.5. The van der Waals surface area contributed by atoms with Crippen molar-refractivity contribution in [3.05, 3.63) is 65.9 Å². The number of carbonyl (C=O) groups excluding carboxylic acids is 1. The number of methoxy groups -OCH3 is 1. The lowest BCUT2D eigenvalue weighted by Gasteiger charge is -2.26. The second-order valence-electron chi connectivity index (χ2n) is 8.09. The largest absolute Gasteiger partial charge is 0.467 e. The number of nitrogens with zero attached hydrogens (tertiary/aromatic N) is 4. The van der Waals surface area contributed by atoms with Gasteiger partial charge in [-0.2, -0.15) is 0 Å². The molecule has 8 heteroatoms. The molecule has 1 saturated heterocycles. The summed E-state index contributed by atoms with van der Waals surface area (Å²) in [7, 11) is 1.52. The van der Waals surface area contributed by atoms with Crippen LogP contribution >= 0.6 is 0 Å². The van der Waals surface area contributed by atoms with Crippen LogP contribution in [0.5, 0.6) is 6.01 Å². The maximum absolute atomic E-state index is 12.7. The highest BCUT2D eigenvalue weighted by molar-refractivity contribution is 5.94. The van der Waals surface area contributed by atoms with Gasteiger partial charge in [-0.3, -0.25) is 14.7 Å². The van der Waals surface area contributed by atoms with Crippen molar-refractivity contribution >= 4 is 12.0 Å². The average molecular weight is 464 g/mol. The van der Waals surface area contributed by atoms with E-state index in [0.717, 1.165) is 68.1 Å². The van der Waals surface area contributed by atoms with E-state index in [1.54, 1.807) is 30.9 Å². The van der Waals surface area contributed by atoms with Gasteiger partial charge in [0, 0.05) is 67.3 Å². The average Bonchev–Trinajstić information content (AvgIpc) is 2.87. The fourth-order valence-electron chi connectivity index (χ4n) is 3.59. The molecule has 2 aromatic rings.